The van der Waals surface area contributed by atoms with Crippen molar-refractivity contribution >= 4 is 11.6 Å². The minimum absolute atomic E-state index is 0.0914. The lowest BCUT2D eigenvalue weighted by Gasteiger charge is -2.37. The number of aromatic nitrogens is 2. The third-order valence-corrected chi connectivity index (χ3v) is 27.9. The van der Waals surface area contributed by atoms with Gasteiger partial charge in [0.1, 0.15) is 0 Å². The Hall–Kier alpha value is -4.70. The van der Waals surface area contributed by atoms with Crippen molar-refractivity contribution in [2.75, 3.05) is 0 Å². The van der Waals surface area contributed by atoms with Crippen LogP contribution in [-0.4, -0.2) is 21.5 Å². The molecular weight excluding hydrogens is 1680 g/mol. The van der Waals surface area contributed by atoms with Gasteiger partial charge in [-0.15, -0.1) is 0 Å². The van der Waals surface area contributed by atoms with Crippen molar-refractivity contribution in [1.29, 1.82) is 0 Å². The topological polar surface area (TPSA) is 59.9 Å². The Labute approximate surface area is 874 Å². The molecule has 2 heterocycles. The molecule has 4 nitrogen and oxygen atoms in total. The van der Waals surface area contributed by atoms with E-state index in [1.54, 1.807) is 5.56 Å². The zero-order valence-electron chi connectivity index (χ0n) is 105. The molecule has 808 valence electrons. The van der Waals surface area contributed by atoms with E-state index in [0.717, 1.165) is 124 Å². The van der Waals surface area contributed by atoms with Crippen molar-refractivity contribution in [3.63, 3.8) is 0 Å². The number of carbonyl (C=O) groups excluding carboxylic acids is 2. The molecule has 5 rings (SSSR count). The van der Waals surface area contributed by atoms with Crippen LogP contribution in [0.2, 0.25) is 0 Å². The van der Waals surface area contributed by atoms with Gasteiger partial charge in [-0.25, -0.2) is 0 Å². The number of ketones is 2. The molecule has 5 aromatic rings. The maximum atomic E-state index is 12.1. The zero-order chi connectivity index (χ0) is 110. The van der Waals surface area contributed by atoms with Gasteiger partial charge in [0.15, 0.2) is 11.6 Å². The van der Waals surface area contributed by atoms with Crippen LogP contribution in [0.1, 0.15) is 607 Å². The fourth-order valence-electron chi connectivity index (χ4n) is 21.3. The molecule has 3 aromatic carbocycles. The lowest BCUT2D eigenvalue weighted by atomic mass is 9.68. The standard InChI is InChI=1S/C20H42.C17H29N.C15H25N.2C15H22O.C15H24.C15H32.C12H26.C11H24/c1-14(2)10-17(7)12-19(9)20(16(5)6)13-18(8)11-15(3)4;1-11(2)8-15-10-18-14(7)17(13(5)6)16(15)9-12(3)4;1-9(2)13-8-16-12(7)14(10(3)4)15(13)11(5)6;1-14(2,3)12-9-7-11(8-10-12)13(16)15(4,5)6;1-14(2,3)12-9-7-8-11(10-12)13(16)15(4,5)6;1-10(2)13-7-14(11(3)4)9-15(8-13)12(5)6;1-8-15(9-12(2)3,10-13(4)5)11-14(6)7;1-9(2)7-12(11(5)6)8-10(3)4;1-8(2)7-11(9(3)4)10(5)6/h14-20H,10-13H2,1-9H3;10-13H,8-9H2,1-7H3;8-11H,1-7H3;2*7-10H,1-6H3;7-12H,1-6H3;12-14H,8-11H2,1-7H3;9-12H,7-8H2,1-6H3;8-11H,7H2,1-6H3. The van der Waals surface area contributed by atoms with Crippen molar-refractivity contribution in [1.82, 2.24) is 9.97 Å². The summed E-state index contributed by atoms with van der Waals surface area (Å²) in [7, 11) is 0. The van der Waals surface area contributed by atoms with E-state index in [2.05, 4.69) is 433 Å². The summed E-state index contributed by atoms with van der Waals surface area (Å²) in [6, 6.07) is 23.1. The van der Waals surface area contributed by atoms with Crippen molar-refractivity contribution in [3.8, 4) is 0 Å². The summed E-state index contributed by atoms with van der Waals surface area (Å²) in [5.41, 5.74) is 20.1. The Morgan fingerprint density at radius 1 is 0.302 bits per heavy atom. The van der Waals surface area contributed by atoms with Gasteiger partial charge in [-0.2, -0.15) is 0 Å². The van der Waals surface area contributed by atoms with Crippen LogP contribution in [-0.2, 0) is 23.7 Å². The van der Waals surface area contributed by atoms with E-state index in [9.17, 15) is 9.59 Å². The highest BCUT2D eigenvalue weighted by molar-refractivity contribution is 6.00. The fourth-order valence-corrected chi connectivity index (χ4v) is 21.3. The molecule has 0 radical (unpaired) electrons. The Balaban J connectivity index is -0.000000741. The van der Waals surface area contributed by atoms with Crippen molar-refractivity contribution in [3.05, 3.63) is 163 Å². The van der Waals surface area contributed by atoms with Crippen LogP contribution in [0.15, 0.2) is 79.1 Å². The average Bonchev–Trinajstić information content (AvgIpc) is 0.800. The Bertz CT molecular complexity index is 3890. The second-order valence-corrected chi connectivity index (χ2v) is 55.9. The molecule has 0 aliphatic heterocycles. The third kappa shape index (κ3) is 60.2. The summed E-state index contributed by atoms with van der Waals surface area (Å²) < 4.78 is 0. The number of Topliss-reactive ketones (excluding diaryl/α,β-unsaturated/α-hetero) is 2. The predicted molar refractivity (Wildman–Crippen MR) is 633 cm³/mol. The van der Waals surface area contributed by atoms with Crippen molar-refractivity contribution in [2.24, 2.45) is 135 Å². The Morgan fingerprint density at radius 2 is 0.647 bits per heavy atom. The molecule has 0 bridgehead atoms. The first-order valence-electron chi connectivity index (χ1n) is 57.6. The predicted octanol–water partition coefficient (Wildman–Crippen LogP) is 44.0. The SMILES string of the molecule is CC(C)(C)C(=O)c1ccc(C(C)(C)C)cc1.CC(C)(C)C(=O)c1cccc(C(C)(C)C)c1.CC(C)CC(C(C)C)C(C)C.CC(C)CC(C)CC(C)C(CC(C)CC(C)C)C(C)C.CC(C)CC(CC(C)C)C(C)C.CC(C)c1cc(C(C)C)cc(C(C)C)c1.CCC(CC(C)C)(CC(C)C)CC(C)C.Cc1ncc(C(C)C)c(C(C)C)c1C(C)C.Cc1ncc(CC(C)C)c(CC(C)C)c1C(C)C. The smallest absolute Gasteiger partial charge is 0.168 e. The second kappa shape index (κ2) is 68.0. The fraction of sp³-hybridized carbons (Fsp3) is 0.778. The monoisotopic (exact) mass is 1930 g/mol. The van der Waals surface area contributed by atoms with E-state index in [0.29, 0.717) is 58.7 Å². The molecule has 0 saturated heterocycles. The number of carbonyl (C=O) groups is 2. The van der Waals surface area contributed by atoms with E-state index in [1.165, 1.54) is 144 Å². The lowest BCUT2D eigenvalue weighted by molar-refractivity contribution is 0.0852. The molecule has 0 N–H and O–H groups in total. The van der Waals surface area contributed by atoms with Gasteiger partial charge in [0.05, 0.1) is 0 Å². The number of rotatable bonds is 39. The summed E-state index contributed by atoms with van der Waals surface area (Å²) in [4.78, 5) is 33.4. The zero-order valence-corrected chi connectivity index (χ0v) is 105. The van der Waals surface area contributed by atoms with Crippen LogP contribution in [0.25, 0.3) is 0 Å². The summed E-state index contributed by atoms with van der Waals surface area (Å²) >= 11 is 0. The third-order valence-electron chi connectivity index (χ3n) is 27.9. The number of hydrogen-bond acceptors (Lipinski definition) is 4. The molecular formula is C135H246N2O2. The van der Waals surface area contributed by atoms with E-state index in [-0.39, 0.29) is 33.2 Å². The minimum atomic E-state index is -0.309. The number of pyridine rings is 2. The average molecular weight is 1930 g/mol. The number of nitrogens with zero attached hydrogens (tertiary/aromatic N) is 2. The van der Waals surface area contributed by atoms with Crippen LogP contribution in [0.3, 0.4) is 0 Å². The first-order chi connectivity index (χ1) is 63.2. The summed E-state index contributed by atoms with van der Waals surface area (Å²) in [6.07, 6.45) is 21.9. The van der Waals surface area contributed by atoms with E-state index in [1.807, 2.05) is 71.9 Å². The largest absolute Gasteiger partial charge is 0.294 e. The van der Waals surface area contributed by atoms with Gasteiger partial charge in [-0.05, 0) is 334 Å². The van der Waals surface area contributed by atoms with Crippen LogP contribution < -0.4 is 0 Å². The van der Waals surface area contributed by atoms with Crippen LogP contribution in [0.4, 0.5) is 0 Å². The van der Waals surface area contributed by atoms with Crippen molar-refractivity contribution in [2.45, 2.75) is 551 Å². The first kappa shape index (κ1) is 141. The number of benzene rings is 3. The van der Waals surface area contributed by atoms with E-state index < -0.39 is 0 Å². The van der Waals surface area contributed by atoms with Gasteiger partial charge < -0.3 is 0 Å². The molecule has 0 aliphatic carbocycles. The highest BCUT2D eigenvalue weighted by Crippen LogP contribution is 2.44. The van der Waals surface area contributed by atoms with Crippen LogP contribution in [0, 0.1) is 148 Å². The van der Waals surface area contributed by atoms with Gasteiger partial charge >= 0.3 is 0 Å². The van der Waals surface area contributed by atoms with E-state index in [4.69, 9.17) is 0 Å². The quantitative estimate of drug-likeness (QED) is 0.0368. The molecule has 0 amide bonds. The lowest BCUT2D eigenvalue weighted by Crippen LogP contribution is -2.26. The summed E-state index contributed by atoms with van der Waals surface area (Å²) in [6.45, 7) is 136. The summed E-state index contributed by atoms with van der Waals surface area (Å²) in [5.74, 6) is 21.5. The van der Waals surface area contributed by atoms with Crippen LogP contribution in [0.5, 0.6) is 0 Å². The second-order valence-electron chi connectivity index (χ2n) is 55.9. The first-order valence-corrected chi connectivity index (χ1v) is 57.6. The molecule has 139 heavy (non-hydrogen) atoms. The maximum Gasteiger partial charge on any atom is 0.168 e. The van der Waals surface area contributed by atoms with Crippen molar-refractivity contribution < 1.29 is 9.59 Å². The Morgan fingerprint density at radius 3 is 0.935 bits per heavy atom. The molecule has 4 atom stereocenters. The molecule has 0 fully saturated rings. The highest BCUT2D eigenvalue weighted by atomic mass is 16.1. The number of hydrogen-bond donors (Lipinski definition) is 0. The van der Waals surface area contributed by atoms with Crippen LogP contribution >= 0.6 is 0 Å². The molecule has 2 aromatic heterocycles. The van der Waals surface area contributed by atoms with E-state index >= 15 is 0 Å². The Kier molecular flexibility index (Phi) is 68.7. The highest BCUT2D eigenvalue weighted by Gasteiger charge is 2.33. The summed E-state index contributed by atoms with van der Waals surface area (Å²) in [5, 5.41) is 0. The number of aryl methyl sites for hydroxylation is 2. The molecule has 0 spiro atoms. The molecule has 4 unspecified atom stereocenters. The molecule has 0 aliphatic rings. The minimum Gasteiger partial charge on any atom is -0.294 e. The normalized spacial score (nSPS) is 13.3. The van der Waals surface area contributed by atoms with Gasteiger partial charge in [0.2, 0.25) is 0 Å². The maximum absolute atomic E-state index is 12.1. The molecule has 4 heteroatoms. The molecule has 0 saturated carbocycles. The van der Waals surface area contributed by atoms with Gasteiger partial charge in [-0.3, -0.25) is 19.6 Å². The van der Waals surface area contributed by atoms with Gasteiger partial charge in [-0.1, -0.05) is 469 Å². The van der Waals surface area contributed by atoms with Gasteiger partial charge in [0.25, 0.3) is 0 Å². The van der Waals surface area contributed by atoms with Gasteiger partial charge in [0, 0.05) is 45.7 Å².